The molecule has 0 unspecified atom stereocenters. The van der Waals surface area contributed by atoms with Crippen LogP contribution in [-0.4, -0.2) is 30.9 Å². The summed E-state index contributed by atoms with van der Waals surface area (Å²) in [4.78, 5) is 6.88. The van der Waals surface area contributed by atoms with E-state index in [9.17, 15) is 8.78 Å². The maximum Gasteiger partial charge on any atom is 0.183 e. The zero-order valence-electron chi connectivity index (χ0n) is 17.8. The van der Waals surface area contributed by atoms with Gasteiger partial charge in [-0.2, -0.15) is 10.2 Å². The van der Waals surface area contributed by atoms with Gasteiger partial charge < -0.3 is 4.90 Å². The van der Waals surface area contributed by atoms with Gasteiger partial charge in [0.1, 0.15) is 23.1 Å². The van der Waals surface area contributed by atoms with E-state index >= 15 is 0 Å². The summed E-state index contributed by atoms with van der Waals surface area (Å²) in [5.74, 6) is -0.114. The molecule has 3 aromatic heterocycles. The first-order valence-electron chi connectivity index (χ1n) is 10.4. The molecule has 0 amide bonds. The van der Waals surface area contributed by atoms with E-state index in [1.165, 1.54) is 12.1 Å². The molecule has 1 aliphatic heterocycles. The van der Waals surface area contributed by atoms with Crippen LogP contribution in [0.5, 0.6) is 0 Å². The number of benzene rings is 1. The summed E-state index contributed by atoms with van der Waals surface area (Å²) >= 11 is 0. The zero-order chi connectivity index (χ0) is 21.8. The average molecular weight is 422 g/mol. The minimum absolute atomic E-state index is 0.0163. The molecule has 8 heteroatoms. The van der Waals surface area contributed by atoms with E-state index in [4.69, 9.17) is 4.98 Å². The zero-order valence-corrected chi connectivity index (χ0v) is 17.8. The highest BCUT2D eigenvalue weighted by atomic mass is 19.1. The van der Waals surface area contributed by atoms with Gasteiger partial charge in [0.05, 0.1) is 18.4 Å². The van der Waals surface area contributed by atoms with Gasteiger partial charge in [0.2, 0.25) is 0 Å². The predicted molar refractivity (Wildman–Crippen MR) is 114 cm³/mol. The van der Waals surface area contributed by atoms with E-state index in [0.29, 0.717) is 17.0 Å². The van der Waals surface area contributed by atoms with Gasteiger partial charge in [0.25, 0.3) is 0 Å². The molecule has 1 fully saturated rings. The van der Waals surface area contributed by atoms with Gasteiger partial charge in [0.15, 0.2) is 5.65 Å². The van der Waals surface area contributed by atoms with Crippen molar-refractivity contribution >= 4 is 11.5 Å². The first kappa shape index (κ1) is 19.7. The van der Waals surface area contributed by atoms with E-state index in [-0.39, 0.29) is 11.5 Å². The van der Waals surface area contributed by atoms with Crippen LogP contribution in [0.25, 0.3) is 11.3 Å². The molecule has 6 nitrogen and oxygen atoms in total. The van der Waals surface area contributed by atoms with Crippen molar-refractivity contribution in [1.82, 2.24) is 24.4 Å². The fourth-order valence-corrected chi connectivity index (χ4v) is 4.14. The number of hydrogen-bond acceptors (Lipinski definition) is 4. The van der Waals surface area contributed by atoms with Crippen molar-refractivity contribution in [3.8, 4) is 5.69 Å². The summed E-state index contributed by atoms with van der Waals surface area (Å²) in [6, 6.07) is 5.24. The van der Waals surface area contributed by atoms with Crippen LogP contribution in [-0.2, 0) is 5.41 Å². The largest absolute Gasteiger partial charge is 0.349 e. The lowest BCUT2D eigenvalue weighted by Crippen LogP contribution is -2.24. The normalized spacial score (nSPS) is 17.1. The molecule has 1 atom stereocenters. The van der Waals surface area contributed by atoms with Crippen LogP contribution >= 0.6 is 0 Å². The Kier molecular flexibility index (Phi) is 4.53. The van der Waals surface area contributed by atoms with Crippen LogP contribution in [0.1, 0.15) is 50.8 Å². The minimum Gasteiger partial charge on any atom is -0.349 e. The van der Waals surface area contributed by atoms with Crippen LogP contribution in [0.4, 0.5) is 14.6 Å². The first-order valence-corrected chi connectivity index (χ1v) is 10.4. The minimum atomic E-state index is -0.432. The number of aromatic nitrogens is 5. The third-order valence-corrected chi connectivity index (χ3v) is 5.90. The number of fused-ring (bicyclic) bond motifs is 1. The van der Waals surface area contributed by atoms with Gasteiger partial charge >= 0.3 is 0 Å². The summed E-state index contributed by atoms with van der Waals surface area (Å²) < 4.78 is 31.7. The van der Waals surface area contributed by atoms with E-state index in [0.717, 1.165) is 36.7 Å². The summed E-state index contributed by atoms with van der Waals surface area (Å²) in [5.41, 5.74) is 2.90. The standard InChI is InChI=1S/C23H24F2N6/c1-23(2,3)15-12-26-31(14-15)20-13-27-30-10-8-21(28-22(20)30)29-9-4-5-19(29)17-11-16(24)6-7-18(17)25/h6-8,10-14,19H,4-5,9H2,1-3H3/t19-/m1/s1. The number of rotatable bonds is 3. The molecule has 0 saturated carbocycles. The number of nitrogens with zero attached hydrogens (tertiary/aromatic N) is 6. The number of hydrogen-bond donors (Lipinski definition) is 0. The lowest BCUT2D eigenvalue weighted by Gasteiger charge is -2.26. The van der Waals surface area contributed by atoms with Gasteiger partial charge in [-0.3, -0.25) is 0 Å². The van der Waals surface area contributed by atoms with Crippen molar-refractivity contribution in [3.63, 3.8) is 0 Å². The molecular formula is C23H24F2N6. The Morgan fingerprint density at radius 3 is 2.68 bits per heavy atom. The summed E-state index contributed by atoms with van der Waals surface area (Å²) in [7, 11) is 0. The smallest absolute Gasteiger partial charge is 0.183 e. The molecule has 0 N–H and O–H groups in total. The number of anilines is 1. The fourth-order valence-electron chi connectivity index (χ4n) is 4.14. The second-order valence-electron chi connectivity index (χ2n) is 9.02. The lowest BCUT2D eigenvalue weighted by molar-refractivity contribution is 0.560. The number of halogens is 2. The van der Waals surface area contributed by atoms with Crippen molar-refractivity contribution in [2.45, 2.75) is 45.1 Å². The van der Waals surface area contributed by atoms with Gasteiger partial charge in [0, 0.05) is 24.5 Å². The predicted octanol–water partition coefficient (Wildman–Crippen LogP) is 4.83. The molecule has 4 heterocycles. The molecule has 1 saturated heterocycles. The summed E-state index contributed by atoms with van der Waals surface area (Å²) in [5, 5.41) is 8.91. The van der Waals surface area contributed by atoms with Crippen molar-refractivity contribution in [1.29, 1.82) is 0 Å². The molecule has 0 aliphatic carbocycles. The average Bonchev–Trinajstić information content (AvgIpc) is 3.47. The van der Waals surface area contributed by atoms with E-state index in [2.05, 4.69) is 31.0 Å². The maximum absolute atomic E-state index is 14.5. The molecule has 0 bridgehead atoms. The first-order chi connectivity index (χ1) is 14.8. The molecule has 0 spiro atoms. The highest BCUT2D eigenvalue weighted by Crippen LogP contribution is 2.37. The van der Waals surface area contributed by atoms with E-state index < -0.39 is 11.6 Å². The van der Waals surface area contributed by atoms with E-state index in [1.807, 2.05) is 29.6 Å². The maximum atomic E-state index is 14.5. The Morgan fingerprint density at radius 2 is 1.90 bits per heavy atom. The van der Waals surface area contributed by atoms with Crippen LogP contribution < -0.4 is 4.90 Å². The van der Waals surface area contributed by atoms with Gasteiger partial charge in [-0.25, -0.2) is 23.0 Å². The van der Waals surface area contributed by atoms with Crippen LogP contribution in [0, 0.1) is 11.6 Å². The van der Waals surface area contributed by atoms with Crippen molar-refractivity contribution in [2.24, 2.45) is 0 Å². The van der Waals surface area contributed by atoms with Crippen LogP contribution in [0.15, 0.2) is 49.1 Å². The molecule has 160 valence electrons. The molecule has 4 aromatic rings. The van der Waals surface area contributed by atoms with E-state index in [1.54, 1.807) is 15.4 Å². The Labute approximate surface area is 179 Å². The van der Waals surface area contributed by atoms with Gasteiger partial charge in [-0.15, -0.1) is 0 Å². The summed E-state index contributed by atoms with van der Waals surface area (Å²) in [6.45, 7) is 7.14. The molecule has 0 radical (unpaired) electrons. The van der Waals surface area contributed by atoms with Gasteiger partial charge in [-0.1, -0.05) is 20.8 Å². The topological polar surface area (TPSA) is 51.3 Å². The van der Waals surface area contributed by atoms with Gasteiger partial charge in [-0.05, 0) is 48.1 Å². The van der Waals surface area contributed by atoms with Crippen LogP contribution in [0.3, 0.4) is 0 Å². The van der Waals surface area contributed by atoms with Crippen LogP contribution in [0.2, 0.25) is 0 Å². The Hall–Kier alpha value is -3.29. The van der Waals surface area contributed by atoms with Crippen molar-refractivity contribution < 1.29 is 8.78 Å². The SMILES string of the molecule is CC(C)(C)c1cnn(-c2cnn3ccc(N4CCC[C@@H]4c4cc(F)ccc4F)nc23)c1. The monoisotopic (exact) mass is 422 g/mol. The second kappa shape index (κ2) is 7.14. The van der Waals surface area contributed by atoms with Crippen molar-refractivity contribution in [2.75, 3.05) is 11.4 Å². The third kappa shape index (κ3) is 3.45. The third-order valence-electron chi connectivity index (χ3n) is 5.90. The van der Waals surface area contributed by atoms with Crippen molar-refractivity contribution in [3.05, 3.63) is 71.8 Å². The molecule has 31 heavy (non-hydrogen) atoms. The summed E-state index contributed by atoms with van der Waals surface area (Å²) in [6.07, 6.45) is 9.05. The molecule has 5 rings (SSSR count). The molecule has 1 aliphatic rings. The molecule has 1 aromatic carbocycles. The Bertz CT molecular complexity index is 1250. The molecular weight excluding hydrogens is 398 g/mol. The fraction of sp³-hybridized carbons (Fsp3) is 0.348. The highest BCUT2D eigenvalue weighted by molar-refractivity contribution is 5.61. The highest BCUT2D eigenvalue weighted by Gasteiger charge is 2.30. The lowest BCUT2D eigenvalue weighted by atomic mass is 9.90. The Balaban J connectivity index is 1.55. The quantitative estimate of drug-likeness (QED) is 0.474. The second-order valence-corrected chi connectivity index (χ2v) is 9.02. The Morgan fingerprint density at radius 1 is 1.06 bits per heavy atom.